The fourth-order valence-corrected chi connectivity index (χ4v) is 4.69. The van der Waals surface area contributed by atoms with Gasteiger partial charge in [-0.1, -0.05) is 24.3 Å². The fourth-order valence-electron chi connectivity index (χ4n) is 4.69. The first-order valence-electron chi connectivity index (χ1n) is 11.7. The monoisotopic (exact) mass is 477 g/mol. The van der Waals surface area contributed by atoms with Crippen molar-refractivity contribution in [1.29, 1.82) is 0 Å². The summed E-state index contributed by atoms with van der Waals surface area (Å²) in [6.45, 7) is 5.81. The molecule has 0 aliphatic carbocycles. The van der Waals surface area contributed by atoms with Crippen LogP contribution in [0.4, 0.5) is 0 Å². The molecule has 0 aliphatic rings. The molecular formula is C29H23N3O4. The van der Waals surface area contributed by atoms with Gasteiger partial charge in [-0.2, -0.15) is 5.10 Å². The van der Waals surface area contributed by atoms with Gasteiger partial charge in [-0.05, 0) is 68.3 Å². The van der Waals surface area contributed by atoms with Gasteiger partial charge in [-0.25, -0.2) is 14.3 Å². The number of rotatable bonds is 5. The molecule has 0 saturated carbocycles. The van der Waals surface area contributed by atoms with Crippen molar-refractivity contribution < 1.29 is 19.1 Å². The number of carbonyl (C=O) groups is 1. The Labute approximate surface area is 206 Å². The number of benzene rings is 2. The quantitative estimate of drug-likeness (QED) is 0.295. The van der Waals surface area contributed by atoms with Crippen molar-refractivity contribution in [3.63, 3.8) is 0 Å². The second-order valence-electron chi connectivity index (χ2n) is 8.94. The molecule has 7 heteroatoms. The molecule has 0 saturated heterocycles. The van der Waals surface area contributed by atoms with Crippen molar-refractivity contribution in [2.75, 3.05) is 0 Å². The highest BCUT2D eigenvalue weighted by atomic mass is 16.5. The second-order valence-corrected chi connectivity index (χ2v) is 8.94. The number of hydrogen-bond donors (Lipinski definition) is 1. The van der Waals surface area contributed by atoms with Crippen molar-refractivity contribution in [3.8, 4) is 17.2 Å². The predicted octanol–water partition coefficient (Wildman–Crippen LogP) is 6.75. The number of furan rings is 1. The summed E-state index contributed by atoms with van der Waals surface area (Å²) in [6, 6.07) is 18.9. The fraction of sp³-hybridized carbons (Fsp3) is 0.138. The summed E-state index contributed by atoms with van der Waals surface area (Å²) in [5.41, 5.74) is 5.58. The van der Waals surface area contributed by atoms with E-state index < -0.39 is 5.97 Å². The Morgan fingerprint density at radius 2 is 1.92 bits per heavy atom. The predicted molar refractivity (Wildman–Crippen MR) is 138 cm³/mol. The lowest BCUT2D eigenvalue weighted by Crippen LogP contribution is -2.07. The van der Waals surface area contributed by atoms with Crippen LogP contribution in [0, 0.1) is 13.8 Å². The van der Waals surface area contributed by atoms with E-state index in [9.17, 15) is 9.90 Å². The molecule has 0 fully saturated rings. The van der Waals surface area contributed by atoms with Gasteiger partial charge in [0.2, 0.25) is 0 Å². The van der Waals surface area contributed by atoms with Crippen LogP contribution in [-0.2, 0) is 0 Å². The highest BCUT2D eigenvalue weighted by Crippen LogP contribution is 2.38. The molecule has 0 aliphatic heterocycles. The standard InChI is InChI=1S/C29H23N3O4/c1-16-8-9-25(35-18(3)19-11-13-32-20(14-19)10-12-30-32)26-22(29(33)34)15-23(31-27(16)26)28-17(2)21-6-4-5-7-24(21)36-28/h4-15,18H,1-3H3,(H,33,34). The van der Waals surface area contributed by atoms with E-state index in [-0.39, 0.29) is 11.7 Å². The number of pyridine rings is 2. The number of aromatic nitrogens is 3. The molecule has 6 rings (SSSR count). The van der Waals surface area contributed by atoms with Crippen LogP contribution < -0.4 is 4.74 Å². The third kappa shape index (κ3) is 3.48. The Hall–Kier alpha value is -4.65. The van der Waals surface area contributed by atoms with Crippen LogP contribution in [0.1, 0.15) is 40.1 Å². The van der Waals surface area contributed by atoms with E-state index in [1.54, 1.807) is 16.8 Å². The Morgan fingerprint density at radius 3 is 2.72 bits per heavy atom. The zero-order valence-electron chi connectivity index (χ0n) is 20.0. The van der Waals surface area contributed by atoms with E-state index in [0.717, 1.165) is 33.2 Å². The summed E-state index contributed by atoms with van der Waals surface area (Å²) < 4.78 is 14.2. The van der Waals surface area contributed by atoms with Gasteiger partial charge in [0.15, 0.2) is 5.76 Å². The summed E-state index contributed by atoms with van der Waals surface area (Å²) in [5, 5.41) is 15.9. The number of fused-ring (bicyclic) bond motifs is 3. The Morgan fingerprint density at radius 1 is 1.08 bits per heavy atom. The molecule has 0 bridgehead atoms. The molecule has 2 aromatic carbocycles. The Balaban J connectivity index is 1.49. The molecule has 1 unspecified atom stereocenters. The number of para-hydroxylation sites is 1. The molecule has 4 heterocycles. The molecule has 6 aromatic rings. The molecule has 36 heavy (non-hydrogen) atoms. The van der Waals surface area contributed by atoms with Crippen molar-refractivity contribution in [3.05, 3.63) is 95.3 Å². The lowest BCUT2D eigenvalue weighted by Gasteiger charge is -2.19. The SMILES string of the molecule is Cc1c(-c2cc(C(=O)O)c3c(OC(C)c4ccn5nccc5c4)ccc(C)c3n2)oc2ccccc12. The van der Waals surface area contributed by atoms with Crippen molar-refractivity contribution in [2.24, 2.45) is 0 Å². The summed E-state index contributed by atoms with van der Waals surface area (Å²) in [6.07, 6.45) is 3.29. The topological polar surface area (TPSA) is 89.9 Å². The molecule has 7 nitrogen and oxygen atoms in total. The number of carboxylic acid groups (broad SMARTS) is 1. The Kier molecular flexibility index (Phi) is 5.00. The first kappa shape index (κ1) is 21.9. The maximum absolute atomic E-state index is 12.5. The number of aromatic carboxylic acids is 1. The molecule has 0 radical (unpaired) electrons. The van der Waals surface area contributed by atoms with Gasteiger partial charge in [0.25, 0.3) is 0 Å². The molecular weight excluding hydrogens is 454 g/mol. The zero-order valence-corrected chi connectivity index (χ0v) is 20.0. The minimum Gasteiger partial charge on any atom is -0.485 e. The smallest absolute Gasteiger partial charge is 0.336 e. The van der Waals surface area contributed by atoms with Gasteiger partial charge < -0.3 is 14.3 Å². The van der Waals surface area contributed by atoms with Crippen LogP contribution in [0.15, 0.2) is 77.5 Å². The molecule has 1 N–H and O–H groups in total. The Bertz CT molecular complexity index is 1800. The molecule has 178 valence electrons. The van der Waals surface area contributed by atoms with Crippen LogP contribution in [0.5, 0.6) is 5.75 Å². The third-order valence-electron chi connectivity index (χ3n) is 6.63. The van der Waals surface area contributed by atoms with Gasteiger partial charge in [-0.3, -0.25) is 0 Å². The second kappa shape index (κ2) is 8.23. The zero-order chi connectivity index (χ0) is 25.0. The van der Waals surface area contributed by atoms with Gasteiger partial charge in [-0.15, -0.1) is 0 Å². The highest BCUT2D eigenvalue weighted by molar-refractivity contribution is 6.07. The van der Waals surface area contributed by atoms with E-state index in [0.29, 0.717) is 28.1 Å². The number of hydrogen-bond acceptors (Lipinski definition) is 5. The van der Waals surface area contributed by atoms with E-state index in [1.807, 2.05) is 81.6 Å². The van der Waals surface area contributed by atoms with Crippen LogP contribution in [0.3, 0.4) is 0 Å². The molecule has 4 aromatic heterocycles. The van der Waals surface area contributed by atoms with Crippen molar-refractivity contribution in [1.82, 2.24) is 14.6 Å². The minimum absolute atomic E-state index is 0.118. The lowest BCUT2D eigenvalue weighted by molar-refractivity contribution is 0.0698. The molecule has 0 amide bonds. The van der Waals surface area contributed by atoms with Crippen LogP contribution in [-0.4, -0.2) is 25.7 Å². The van der Waals surface area contributed by atoms with Crippen molar-refractivity contribution in [2.45, 2.75) is 26.9 Å². The van der Waals surface area contributed by atoms with Crippen LogP contribution in [0.2, 0.25) is 0 Å². The van der Waals surface area contributed by atoms with Gasteiger partial charge >= 0.3 is 5.97 Å². The average Bonchev–Trinajstić information content (AvgIpc) is 3.49. The van der Waals surface area contributed by atoms with Crippen LogP contribution in [0.25, 0.3) is 38.8 Å². The highest BCUT2D eigenvalue weighted by Gasteiger charge is 2.22. The van der Waals surface area contributed by atoms with Gasteiger partial charge in [0, 0.05) is 23.3 Å². The first-order chi connectivity index (χ1) is 17.4. The number of aryl methyl sites for hydroxylation is 2. The summed E-state index contributed by atoms with van der Waals surface area (Å²) in [5.74, 6) is -0.0238. The largest absolute Gasteiger partial charge is 0.485 e. The minimum atomic E-state index is -1.05. The lowest BCUT2D eigenvalue weighted by atomic mass is 10.0. The summed E-state index contributed by atoms with van der Waals surface area (Å²) in [7, 11) is 0. The van der Waals surface area contributed by atoms with Crippen LogP contribution >= 0.6 is 0 Å². The van der Waals surface area contributed by atoms with E-state index in [4.69, 9.17) is 14.1 Å². The molecule has 0 spiro atoms. The first-order valence-corrected chi connectivity index (χ1v) is 11.7. The van der Waals surface area contributed by atoms with Gasteiger partial charge in [0.1, 0.15) is 23.1 Å². The maximum atomic E-state index is 12.5. The average molecular weight is 478 g/mol. The summed E-state index contributed by atoms with van der Waals surface area (Å²) >= 11 is 0. The van der Waals surface area contributed by atoms with E-state index in [2.05, 4.69) is 5.10 Å². The number of carboxylic acids is 1. The third-order valence-corrected chi connectivity index (χ3v) is 6.63. The maximum Gasteiger partial charge on any atom is 0.336 e. The van der Waals surface area contributed by atoms with E-state index in [1.165, 1.54) is 0 Å². The number of ether oxygens (including phenoxy) is 1. The van der Waals surface area contributed by atoms with Gasteiger partial charge in [0.05, 0.1) is 22.0 Å². The van der Waals surface area contributed by atoms with E-state index >= 15 is 0 Å². The van der Waals surface area contributed by atoms with Crippen molar-refractivity contribution >= 4 is 33.4 Å². The number of nitrogens with zero attached hydrogens (tertiary/aromatic N) is 3. The normalized spacial score (nSPS) is 12.4. The molecule has 1 atom stereocenters. The summed E-state index contributed by atoms with van der Waals surface area (Å²) in [4.78, 5) is 17.3.